The molecule has 2 nitrogen and oxygen atoms in total. The molecule has 0 saturated heterocycles. The zero-order chi connectivity index (χ0) is 22.8. The average Bonchev–Trinajstić information content (AvgIpc) is 3.03. The number of rotatable bonds is 4. The Morgan fingerprint density at radius 1 is 0.871 bits per heavy atom. The second-order valence-corrected chi connectivity index (χ2v) is 12.5. The van der Waals surface area contributed by atoms with Crippen LogP contribution in [0.5, 0.6) is 0 Å². The van der Waals surface area contributed by atoms with Crippen molar-refractivity contribution < 1.29 is 23.4 Å². The maximum absolute atomic E-state index is 13.5. The molecule has 31 heavy (non-hydrogen) atoms. The van der Waals surface area contributed by atoms with E-state index in [0.717, 1.165) is 32.1 Å². The molecule has 0 unspecified atom stereocenters. The largest absolute Gasteiger partial charge is 0.417 e. The number of hydrogen-bond acceptors (Lipinski definition) is 2. The lowest BCUT2D eigenvalue weighted by molar-refractivity contribution is -0.290. The second kappa shape index (κ2) is 7.89. The molecule has 5 heteroatoms. The van der Waals surface area contributed by atoms with E-state index in [0.29, 0.717) is 41.4 Å². The van der Waals surface area contributed by atoms with Crippen molar-refractivity contribution in [1.29, 1.82) is 0 Å². The van der Waals surface area contributed by atoms with Crippen LogP contribution in [0.25, 0.3) is 0 Å². The number of alkyl halides is 3. The van der Waals surface area contributed by atoms with E-state index in [1.807, 2.05) is 6.92 Å². The molecule has 10 atom stereocenters. The molecule has 4 fully saturated rings. The fourth-order valence-corrected chi connectivity index (χ4v) is 9.18. The minimum atomic E-state index is -4.52. The first-order chi connectivity index (χ1) is 14.3. The van der Waals surface area contributed by atoms with E-state index < -0.39 is 11.8 Å². The summed E-state index contributed by atoms with van der Waals surface area (Å²) < 4.78 is 40.6. The van der Waals surface area contributed by atoms with Gasteiger partial charge in [0.05, 0.1) is 6.10 Å². The number of hydrogen-bond donors (Lipinski definition) is 2. The van der Waals surface area contributed by atoms with Gasteiger partial charge in [-0.2, -0.15) is 13.2 Å². The van der Waals surface area contributed by atoms with Crippen LogP contribution in [0.3, 0.4) is 0 Å². The highest BCUT2D eigenvalue weighted by atomic mass is 19.4. The van der Waals surface area contributed by atoms with Gasteiger partial charge in [0.1, 0.15) is 0 Å². The fraction of sp³-hybridized carbons (Fsp3) is 1.00. The molecule has 4 saturated carbocycles. The van der Waals surface area contributed by atoms with Gasteiger partial charge in [-0.15, -0.1) is 0 Å². The van der Waals surface area contributed by atoms with Crippen LogP contribution in [0.2, 0.25) is 0 Å². The van der Waals surface area contributed by atoms with Gasteiger partial charge < -0.3 is 10.2 Å². The van der Waals surface area contributed by atoms with Gasteiger partial charge in [0, 0.05) is 0 Å². The van der Waals surface area contributed by atoms with E-state index in [2.05, 4.69) is 20.8 Å². The summed E-state index contributed by atoms with van der Waals surface area (Å²) in [4.78, 5) is 0. The van der Waals surface area contributed by atoms with Gasteiger partial charge >= 0.3 is 6.18 Å². The highest BCUT2D eigenvalue weighted by Crippen LogP contribution is 2.69. The van der Waals surface area contributed by atoms with Gasteiger partial charge in [-0.25, -0.2) is 0 Å². The molecular formula is C26H43F3O2. The highest BCUT2D eigenvalue weighted by molar-refractivity contribution is 5.11. The van der Waals surface area contributed by atoms with Crippen molar-refractivity contribution in [2.75, 3.05) is 0 Å². The Hall–Kier alpha value is -0.290. The SMILES string of the molecule is C[C@H](CC[C@@H](C)O)[C@H]1CC[C@H]2[C@@H]3CC[C@H]4C[C@](O)(C(F)(F)F)CC[C@]4(C)[C@H]3CC[C@]12C. The number of halogens is 3. The molecule has 0 radical (unpaired) electrons. The summed E-state index contributed by atoms with van der Waals surface area (Å²) in [5, 5.41) is 20.1. The summed E-state index contributed by atoms with van der Waals surface area (Å²) in [5.41, 5.74) is -2.20. The molecule has 0 aliphatic heterocycles. The predicted octanol–water partition coefficient (Wildman–Crippen LogP) is 6.74. The van der Waals surface area contributed by atoms with E-state index >= 15 is 0 Å². The van der Waals surface area contributed by atoms with Gasteiger partial charge in [0.2, 0.25) is 0 Å². The number of fused-ring (bicyclic) bond motifs is 5. The standard InChI is InChI=1S/C26H43F3O2/c1-16(5-6-17(2)30)20-9-10-21-19-8-7-18-15-25(31,26(27,28)29)14-13-23(18,3)22(19)11-12-24(20,21)4/h16-22,30-31H,5-15H2,1-4H3/t16-,17-,18+,19+,20-,21+,22+,23+,24-,25+/m1/s1. The summed E-state index contributed by atoms with van der Waals surface area (Å²) in [6, 6.07) is 0. The number of aliphatic hydroxyl groups excluding tert-OH is 1. The summed E-state index contributed by atoms with van der Waals surface area (Å²) in [5.74, 6) is 3.13. The molecule has 0 spiro atoms. The third-order valence-electron chi connectivity index (χ3n) is 11.1. The van der Waals surface area contributed by atoms with E-state index in [9.17, 15) is 23.4 Å². The molecule has 0 aromatic carbocycles. The van der Waals surface area contributed by atoms with Gasteiger partial charge in [-0.1, -0.05) is 20.8 Å². The van der Waals surface area contributed by atoms with Crippen molar-refractivity contribution in [1.82, 2.24) is 0 Å². The zero-order valence-electron chi connectivity index (χ0n) is 19.8. The van der Waals surface area contributed by atoms with Crippen LogP contribution in [0.1, 0.15) is 98.3 Å². The van der Waals surface area contributed by atoms with Crippen molar-refractivity contribution in [3.05, 3.63) is 0 Å². The van der Waals surface area contributed by atoms with E-state index in [1.54, 1.807) is 0 Å². The minimum absolute atomic E-state index is 0.0133. The molecule has 0 aromatic rings. The fourth-order valence-electron chi connectivity index (χ4n) is 9.18. The molecule has 2 N–H and O–H groups in total. The van der Waals surface area contributed by atoms with Crippen LogP contribution in [0.15, 0.2) is 0 Å². The third-order valence-corrected chi connectivity index (χ3v) is 11.1. The Kier molecular flexibility index (Phi) is 6.07. The van der Waals surface area contributed by atoms with Gasteiger partial charge in [-0.05, 0) is 124 Å². The molecule has 0 heterocycles. The Labute approximate surface area is 186 Å². The van der Waals surface area contributed by atoms with E-state index in [1.165, 1.54) is 19.3 Å². The van der Waals surface area contributed by atoms with Crippen LogP contribution in [-0.2, 0) is 0 Å². The predicted molar refractivity (Wildman–Crippen MR) is 116 cm³/mol. The van der Waals surface area contributed by atoms with Gasteiger partial charge in [0.25, 0.3) is 0 Å². The summed E-state index contributed by atoms with van der Waals surface area (Å²) in [7, 11) is 0. The molecule has 0 aromatic heterocycles. The van der Waals surface area contributed by atoms with Crippen molar-refractivity contribution in [2.24, 2.45) is 46.3 Å². The van der Waals surface area contributed by atoms with Crippen LogP contribution in [-0.4, -0.2) is 28.1 Å². The maximum atomic E-state index is 13.5. The summed E-state index contributed by atoms with van der Waals surface area (Å²) >= 11 is 0. The average molecular weight is 445 g/mol. The Bertz CT molecular complexity index is 664. The van der Waals surface area contributed by atoms with E-state index in [4.69, 9.17) is 0 Å². The van der Waals surface area contributed by atoms with Crippen molar-refractivity contribution >= 4 is 0 Å². The van der Waals surface area contributed by atoms with Crippen LogP contribution >= 0.6 is 0 Å². The minimum Gasteiger partial charge on any atom is -0.393 e. The lowest BCUT2D eigenvalue weighted by Gasteiger charge is -2.62. The third kappa shape index (κ3) is 3.78. The van der Waals surface area contributed by atoms with Crippen molar-refractivity contribution in [3.8, 4) is 0 Å². The molecule has 0 bridgehead atoms. The quantitative estimate of drug-likeness (QED) is 0.504. The summed E-state index contributed by atoms with van der Waals surface area (Å²) in [6.07, 6.45) is 4.19. The van der Waals surface area contributed by atoms with Gasteiger partial charge in [0.15, 0.2) is 5.60 Å². The molecule has 0 amide bonds. The van der Waals surface area contributed by atoms with Crippen LogP contribution < -0.4 is 0 Å². The highest BCUT2D eigenvalue weighted by Gasteiger charge is 2.65. The number of aliphatic hydroxyl groups is 2. The molecule has 4 aliphatic rings. The Morgan fingerprint density at radius 3 is 2.19 bits per heavy atom. The maximum Gasteiger partial charge on any atom is 0.417 e. The van der Waals surface area contributed by atoms with Crippen LogP contribution in [0.4, 0.5) is 13.2 Å². The van der Waals surface area contributed by atoms with Gasteiger partial charge in [-0.3, -0.25) is 0 Å². The van der Waals surface area contributed by atoms with Crippen LogP contribution in [0, 0.1) is 46.3 Å². The lowest BCUT2D eigenvalue weighted by Crippen LogP contribution is -2.59. The first-order valence-electron chi connectivity index (χ1n) is 12.8. The second-order valence-electron chi connectivity index (χ2n) is 12.5. The van der Waals surface area contributed by atoms with E-state index in [-0.39, 0.29) is 30.3 Å². The first kappa shape index (κ1) is 23.9. The first-order valence-corrected chi connectivity index (χ1v) is 12.8. The molecule has 180 valence electrons. The Balaban J connectivity index is 1.50. The van der Waals surface area contributed by atoms with Crippen molar-refractivity contribution in [3.63, 3.8) is 0 Å². The molecule has 4 rings (SSSR count). The zero-order valence-corrected chi connectivity index (χ0v) is 19.8. The molecular weight excluding hydrogens is 401 g/mol. The smallest absolute Gasteiger partial charge is 0.393 e. The normalized spacial score (nSPS) is 49.6. The topological polar surface area (TPSA) is 40.5 Å². The monoisotopic (exact) mass is 444 g/mol. The lowest BCUT2D eigenvalue weighted by atomic mass is 9.43. The summed E-state index contributed by atoms with van der Waals surface area (Å²) in [6.45, 7) is 9.00. The van der Waals surface area contributed by atoms with Crippen molar-refractivity contribution in [2.45, 2.75) is 116 Å². The Morgan fingerprint density at radius 2 is 1.55 bits per heavy atom. The molecule has 4 aliphatic carbocycles.